The van der Waals surface area contributed by atoms with E-state index in [0.29, 0.717) is 26.3 Å². The van der Waals surface area contributed by atoms with Gasteiger partial charge in [0.05, 0.1) is 10.3 Å². The summed E-state index contributed by atoms with van der Waals surface area (Å²) in [6.45, 7) is 8.67. The normalized spacial score (nSPS) is 11.6. The second kappa shape index (κ2) is 7.64. The van der Waals surface area contributed by atoms with Crippen molar-refractivity contribution in [1.29, 1.82) is 0 Å². The number of aryl methyl sites for hydroxylation is 3. The smallest absolute Gasteiger partial charge is 0.319 e. The van der Waals surface area contributed by atoms with Gasteiger partial charge in [-0.15, -0.1) is 11.3 Å². The molecule has 29 heavy (non-hydrogen) atoms. The van der Waals surface area contributed by atoms with Crippen LogP contribution in [-0.2, 0) is 4.79 Å². The predicted molar refractivity (Wildman–Crippen MR) is 116 cm³/mol. The van der Waals surface area contributed by atoms with Crippen molar-refractivity contribution < 1.29 is 14.7 Å². The van der Waals surface area contributed by atoms with E-state index >= 15 is 0 Å². The Bertz CT molecular complexity index is 1190. The highest BCUT2D eigenvalue weighted by Gasteiger charge is 2.30. The van der Waals surface area contributed by atoms with Crippen LogP contribution in [0.3, 0.4) is 0 Å². The van der Waals surface area contributed by atoms with Gasteiger partial charge in [0.1, 0.15) is 9.58 Å². The van der Waals surface area contributed by atoms with Crippen molar-refractivity contribution in [2.24, 2.45) is 0 Å². The van der Waals surface area contributed by atoms with E-state index in [1.165, 1.54) is 13.8 Å². The molecule has 7 nitrogen and oxygen atoms in total. The zero-order chi connectivity index (χ0) is 21.5. The molecule has 0 aliphatic heterocycles. The molecule has 1 aromatic carbocycles. The van der Waals surface area contributed by atoms with E-state index in [4.69, 9.17) is 0 Å². The highest BCUT2D eigenvalue weighted by atomic mass is 32.2. The minimum Gasteiger partial charge on any atom is -0.480 e. The third-order valence-electron chi connectivity index (χ3n) is 4.48. The van der Waals surface area contributed by atoms with E-state index in [0.717, 1.165) is 34.2 Å². The Morgan fingerprint density at radius 2 is 1.93 bits per heavy atom. The highest BCUT2D eigenvalue weighted by Crippen LogP contribution is 2.33. The molecule has 2 heterocycles. The van der Waals surface area contributed by atoms with Crippen molar-refractivity contribution in [3.05, 3.63) is 50.1 Å². The lowest BCUT2D eigenvalue weighted by molar-refractivity contribution is -0.138. The standard InChI is InChI=1S/C20H21N3O4S2/c1-9-6-7-12(10(2)8-9)21-16(25)14-11(3)13-15(24)22-19(23-17(13)28-14)29-20(4,5)18(26)27/h6-8H,1-5H3,(H,21,25)(H,26,27)(H,22,23,24). The average Bonchev–Trinajstić information content (AvgIpc) is 2.94. The van der Waals surface area contributed by atoms with Gasteiger partial charge in [-0.1, -0.05) is 29.5 Å². The number of carboxylic acids is 1. The molecule has 0 fully saturated rings. The second-order valence-electron chi connectivity index (χ2n) is 7.30. The number of carboxylic acid groups (broad SMARTS) is 1. The molecule has 3 N–H and O–H groups in total. The van der Waals surface area contributed by atoms with E-state index in [-0.39, 0.29) is 11.1 Å². The fraction of sp³-hybridized carbons (Fsp3) is 0.300. The van der Waals surface area contributed by atoms with Crippen LogP contribution >= 0.6 is 23.1 Å². The molecule has 0 atom stereocenters. The first-order valence-electron chi connectivity index (χ1n) is 8.84. The van der Waals surface area contributed by atoms with Crippen molar-refractivity contribution in [2.45, 2.75) is 44.5 Å². The molecule has 0 spiro atoms. The molecule has 3 aromatic rings. The van der Waals surface area contributed by atoms with E-state index in [1.54, 1.807) is 6.92 Å². The maximum absolute atomic E-state index is 12.8. The number of hydrogen-bond acceptors (Lipinski definition) is 6. The maximum atomic E-state index is 12.8. The molecular formula is C20H21N3O4S2. The van der Waals surface area contributed by atoms with Gasteiger partial charge in [-0.05, 0) is 51.8 Å². The summed E-state index contributed by atoms with van der Waals surface area (Å²) in [5.41, 5.74) is 2.91. The summed E-state index contributed by atoms with van der Waals surface area (Å²) >= 11 is 2.07. The van der Waals surface area contributed by atoms with Crippen LogP contribution in [0.2, 0.25) is 0 Å². The lowest BCUT2D eigenvalue weighted by Gasteiger charge is -2.16. The molecule has 2 aromatic heterocycles. The number of fused-ring (bicyclic) bond motifs is 1. The molecule has 0 saturated heterocycles. The number of H-pyrrole nitrogens is 1. The summed E-state index contributed by atoms with van der Waals surface area (Å²) < 4.78 is -1.15. The molecule has 0 bridgehead atoms. The zero-order valence-corrected chi connectivity index (χ0v) is 18.3. The number of hydrogen-bond donors (Lipinski definition) is 3. The molecule has 1 amide bonds. The molecular weight excluding hydrogens is 410 g/mol. The molecule has 9 heteroatoms. The van der Waals surface area contributed by atoms with Crippen molar-refractivity contribution in [3.8, 4) is 0 Å². The molecule has 0 unspecified atom stereocenters. The van der Waals surface area contributed by atoms with Crippen LogP contribution < -0.4 is 10.9 Å². The Morgan fingerprint density at radius 1 is 1.24 bits per heavy atom. The number of rotatable bonds is 5. The van der Waals surface area contributed by atoms with Gasteiger partial charge in [-0.25, -0.2) is 4.98 Å². The number of amides is 1. The number of nitrogens with one attached hydrogen (secondary N) is 2. The Morgan fingerprint density at radius 3 is 2.55 bits per heavy atom. The second-order valence-corrected chi connectivity index (χ2v) is 9.91. The summed E-state index contributed by atoms with van der Waals surface area (Å²) in [5, 5.41) is 12.7. The number of nitrogens with zero attached hydrogens (tertiary/aromatic N) is 1. The number of carbonyl (C=O) groups is 2. The molecule has 0 radical (unpaired) electrons. The predicted octanol–water partition coefficient (Wildman–Crippen LogP) is 4.12. The minimum absolute atomic E-state index is 0.206. The van der Waals surface area contributed by atoms with Crippen LogP contribution in [0.1, 0.15) is 40.2 Å². The quantitative estimate of drug-likeness (QED) is 0.414. The van der Waals surface area contributed by atoms with Crippen LogP contribution in [0.5, 0.6) is 0 Å². The number of aliphatic carboxylic acids is 1. The van der Waals surface area contributed by atoms with Gasteiger partial charge in [0.2, 0.25) is 0 Å². The number of thiophene rings is 1. The molecule has 0 aliphatic carbocycles. The van der Waals surface area contributed by atoms with Gasteiger partial charge in [-0.3, -0.25) is 14.4 Å². The lowest BCUT2D eigenvalue weighted by atomic mass is 10.1. The van der Waals surface area contributed by atoms with Gasteiger partial charge < -0.3 is 15.4 Å². The first-order chi connectivity index (χ1) is 13.5. The largest absolute Gasteiger partial charge is 0.480 e. The number of aromatic amines is 1. The van der Waals surface area contributed by atoms with Crippen LogP contribution in [0.4, 0.5) is 5.69 Å². The van der Waals surface area contributed by atoms with Crippen LogP contribution in [0, 0.1) is 20.8 Å². The summed E-state index contributed by atoms with van der Waals surface area (Å²) in [5.74, 6) is -1.32. The topological polar surface area (TPSA) is 112 Å². The Hall–Kier alpha value is -2.65. The first-order valence-corrected chi connectivity index (χ1v) is 10.5. The van der Waals surface area contributed by atoms with Gasteiger partial charge in [0.15, 0.2) is 5.16 Å². The number of thioether (sulfide) groups is 1. The molecule has 0 saturated carbocycles. The van der Waals surface area contributed by atoms with Gasteiger partial charge >= 0.3 is 5.97 Å². The Labute approximate surface area is 175 Å². The zero-order valence-electron chi connectivity index (χ0n) is 16.7. The lowest BCUT2D eigenvalue weighted by Crippen LogP contribution is -2.27. The van der Waals surface area contributed by atoms with Crippen LogP contribution in [0.15, 0.2) is 28.2 Å². The first kappa shape index (κ1) is 21.1. The minimum atomic E-state index is -1.15. The number of carbonyl (C=O) groups excluding carboxylic acids is 1. The van der Waals surface area contributed by atoms with Gasteiger partial charge in [0, 0.05) is 5.69 Å². The summed E-state index contributed by atoms with van der Waals surface area (Å²) in [6, 6.07) is 5.74. The fourth-order valence-electron chi connectivity index (χ4n) is 2.81. The van der Waals surface area contributed by atoms with Crippen molar-refractivity contribution in [2.75, 3.05) is 5.32 Å². The Balaban J connectivity index is 1.98. The monoisotopic (exact) mass is 431 g/mol. The van der Waals surface area contributed by atoms with E-state index < -0.39 is 16.3 Å². The number of aromatic nitrogens is 2. The number of benzene rings is 1. The van der Waals surface area contributed by atoms with Crippen molar-refractivity contribution >= 4 is 50.9 Å². The summed E-state index contributed by atoms with van der Waals surface area (Å²) in [4.78, 5) is 44.6. The average molecular weight is 432 g/mol. The molecule has 3 rings (SSSR count). The third kappa shape index (κ3) is 4.20. The SMILES string of the molecule is Cc1ccc(NC(=O)c2sc3nc(SC(C)(C)C(=O)O)[nH]c(=O)c3c2C)c(C)c1. The number of anilines is 1. The summed E-state index contributed by atoms with van der Waals surface area (Å²) in [6.07, 6.45) is 0. The highest BCUT2D eigenvalue weighted by molar-refractivity contribution is 8.01. The maximum Gasteiger partial charge on any atom is 0.319 e. The van der Waals surface area contributed by atoms with Gasteiger partial charge in [-0.2, -0.15) is 0 Å². The van der Waals surface area contributed by atoms with E-state index in [9.17, 15) is 19.5 Å². The summed E-state index contributed by atoms with van der Waals surface area (Å²) in [7, 11) is 0. The van der Waals surface area contributed by atoms with Crippen molar-refractivity contribution in [1.82, 2.24) is 9.97 Å². The third-order valence-corrected chi connectivity index (χ3v) is 6.74. The van der Waals surface area contributed by atoms with E-state index in [1.807, 2.05) is 32.0 Å². The van der Waals surface area contributed by atoms with Gasteiger partial charge in [0.25, 0.3) is 11.5 Å². The van der Waals surface area contributed by atoms with E-state index in [2.05, 4.69) is 15.3 Å². The molecule has 152 valence electrons. The Kier molecular flexibility index (Phi) is 5.55. The van der Waals surface area contributed by atoms with Crippen LogP contribution in [0.25, 0.3) is 10.2 Å². The molecule has 0 aliphatic rings. The van der Waals surface area contributed by atoms with Crippen LogP contribution in [-0.4, -0.2) is 31.7 Å². The van der Waals surface area contributed by atoms with Crippen molar-refractivity contribution in [3.63, 3.8) is 0 Å². The fourth-order valence-corrected chi connectivity index (χ4v) is 4.79.